The third-order valence-corrected chi connectivity index (χ3v) is 2.26. The van der Waals surface area contributed by atoms with Crippen LogP contribution in [0, 0.1) is 0 Å². The van der Waals surface area contributed by atoms with Crippen molar-refractivity contribution in [1.29, 1.82) is 0 Å². The normalized spacial score (nSPS) is 10.6. The molecule has 0 heterocycles. The summed E-state index contributed by atoms with van der Waals surface area (Å²) in [6, 6.07) is 0. The van der Waals surface area contributed by atoms with Crippen LogP contribution in [0.5, 0.6) is 0 Å². The molecule has 0 aromatic heterocycles. The van der Waals surface area contributed by atoms with Gasteiger partial charge in [0.05, 0.1) is 6.42 Å². The fourth-order valence-electron chi connectivity index (χ4n) is 1.22. The van der Waals surface area contributed by atoms with Crippen molar-refractivity contribution in [2.45, 2.75) is 47.0 Å². The third-order valence-electron chi connectivity index (χ3n) is 2.26. The molecule has 0 bridgehead atoms. The van der Waals surface area contributed by atoms with E-state index < -0.39 is 0 Å². The molecule has 0 aromatic carbocycles. The summed E-state index contributed by atoms with van der Waals surface area (Å²) in [7, 11) is 0. The number of allylic oxidation sites excluding steroid dienone is 4. The summed E-state index contributed by atoms with van der Waals surface area (Å²) < 4.78 is 0. The molecule has 3 heteroatoms. The van der Waals surface area contributed by atoms with Crippen LogP contribution in [-0.2, 0) is 4.79 Å². The third kappa shape index (κ3) is 6.91. The number of carbonyl (C=O) groups excluding carboxylic acids is 1. The number of ketones is 1. The predicted molar refractivity (Wildman–Crippen MR) is 66.3 cm³/mol. The largest absolute Gasteiger partial charge is 0.361 e. The molecule has 0 rings (SSSR count). The minimum atomic E-state index is -0.184. The summed E-state index contributed by atoms with van der Waals surface area (Å²) in [4.78, 5) is 13.9. The first-order valence-corrected chi connectivity index (χ1v) is 5.48. The Balaban J connectivity index is 4.19. The van der Waals surface area contributed by atoms with Gasteiger partial charge in [0.2, 0.25) is 5.78 Å². The topological polar surface area (TPSA) is 53.5 Å². The Hall–Kier alpha value is -1.47. The first kappa shape index (κ1) is 14.5. The van der Waals surface area contributed by atoms with Gasteiger partial charge >= 0.3 is 5.71 Å². The van der Waals surface area contributed by atoms with E-state index in [4.69, 9.17) is 5.53 Å². The first-order valence-electron chi connectivity index (χ1n) is 5.48. The Bertz CT molecular complexity index is 354. The zero-order valence-corrected chi connectivity index (χ0v) is 10.6. The van der Waals surface area contributed by atoms with Crippen LogP contribution in [0.1, 0.15) is 47.0 Å². The summed E-state index contributed by atoms with van der Waals surface area (Å²) in [6.07, 6.45) is 6.52. The van der Waals surface area contributed by atoms with Gasteiger partial charge in [0.1, 0.15) is 0 Å². The van der Waals surface area contributed by atoms with Gasteiger partial charge in [-0.3, -0.25) is 4.79 Å². The van der Waals surface area contributed by atoms with E-state index in [2.05, 4.69) is 24.7 Å². The van der Waals surface area contributed by atoms with Crippen LogP contribution in [0.3, 0.4) is 0 Å². The van der Waals surface area contributed by atoms with Crippen LogP contribution in [0.2, 0.25) is 0 Å². The van der Waals surface area contributed by atoms with Gasteiger partial charge in [-0.25, -0.2) is 0 Å². The van der Waals surface area contributed by atoms with Gasteiger partial charge in [0.15, 0.2) is 0 Å². The zero-order valence-electron chi connectivity index (χ0n) is 10.6. The number of carbonyl (C=O) groups is 1. The van der Waals surface area contributed by atoms with Crippen LogP contribution in [-0.4, -0.2) is 16.3 Å². The first-order chi connectivity index (χ1) is 7.47. The van der Waals surface area contributed by atoms with E-state index in [0.717, 1.165) is 12.8 Å². The van der Waals surface area contributed by atoms with E-state index in [1.54, 1.807) is 0 Å². The van der Waals surface area contributed by atoms with Crippen molar-refractivity contribution >= 4 is 11.5 Å². The minimum absolute atomic E-state index is 0.184. The molecule has 0 aliphatic carbocycles. The van der Waals surface area contributed by atoms with Gasteiger partial charge in [-0.05, 0) is 33.6 Å². The Labute approximate surface area is 97.5 Å². The van der Waals surface area contributed by atoms with Gasteiger partial charge in [0, 0.05) is 6.92 Å². The Morgan fingerprint density at radius 2 is 1.81 bits per heavy atom. The molecule has 0 fully saturated rings. The maximum absolute atomic E-state index is 11.0. The lowest BCUT2D eigenvalue weighted by Gasteiger charge is -1.97. The van der Waals surface area contributed by atoms with Crippen LogP contribution >= 0.6 is 0 Å². The molecule has 3 nitrogen and oxygen atoms in total. The van der Waals surface area contributed by atoms with E-state index in [1.807, 2.05) is 13.0 Å². The summed E-state index contributed by atoms with van der Waals surface area (Å²) in [5.41, 5.74) is 11.3. The van der Waals surface area contributed by atoms with E-state index in [1.165, 1.54) is 18.1 Å². The van der Waals surface area contributed by atoms with E-state index in [9.17, 15) is 4.79 Å². The smallest absolute Gasteiger partial charge is 0.337 e. The van der Waals surface area contributed by atoms with Gasteiger partial charge in [-0.1, -0.05) is 23.3 Å². The molecule has 0 saturated heterocycles. The molecule has 0 amide bonds. The highest BCUT2D eigenvalue weighted by Crippen LogP contribution is 2.07. The molecule has 0 aliphatic heterocycles. The van der Waals surface area contributed by atoms with Crippen molar-refractivity contribution in [3.63, 3.8) is 0 Å². The van der Waals surface area contributed by atoms with Crippen molar-refractivity contribution < 1.29 is 9.58 Å². The highest BCUT2D eigenvalue weighted by Gasteiger charge is 2.11. The van der Waals surface area contributed by atoms with Gasteiger partial charge in [0.25, 0.3) is 0 Å². The molecule has 0 atom stereocenters. The number of nitrogens with zero attached hydrogens (tertiary/aromatic N) is 2. The van der Waals surface area contributed by atoms with Crippen molar-refractivity contribution in [2.24, 2.45) is 0 Å². The van der Waals surface area contributed by atoms with Crippen molar-refractivity contribution in [2.75, 3.05) is 0 Å². The van der Waals surface area contributed by atoms with E-state index in [0.29, 0.717) is 6.42 Å². The summed E-state index contributed by atoms with van der Waals surface area (Å²) in [5, 5.41) is 0. The molecule has 0 unspecified atom stereocenters. The standard InChI is InChI=1S/C13H20N2O/c1-10(2)6-5-7-11(3)8-9-13(15-14)12(4)16/h6,8H,5,7,9H2,1-4H3. The van der Waals surface area contributed by atoms with Crippen LogP contribution < -0.4 is 0 Å². The second kappa shape index (κ2) is 7.77. The van der Waals surface area contributed by atoms with E-state index in [-0.39, 0.29) is 11.5 Å². The second-order valence-electron chi connectivity index (χ2n) is 4.18. The molecule has 0 N–H and O–H groups in total. The average Bonchev–Trinajstić information content (AvgIpc) is 2.17. The molecule has 0 aliphatic rings. The number of hydrogen-bond donors (Lipinski definition) is 0. The molecular formula is C13H20N2O. The van der Waals surface area contributed by atoms with Crippen molar-refractivity contribution in [1.82, 2.24) is 0 Å². The van der Waals surface area contributed by atoms with Gasteiger partial charge in [-0.15, -0.1) is 0 Å². The molecule has 16 heavy (non-hydrogen) atoms. The lowest BCUT2D eigenvalue weighted by atomic mass is 10.1. The predicted octanol–water partition coefficient (Wildman–Crippen LogP) is 3.33. The molecule has 88 valence electrons. The fourth-order valence-corrected chi connectivity index (χ4v) is 1.22. The van der Waals surface area contributed by atoms with Crippen LogP contribution in [0.25, 0.3) is 5.53 Å². The summed E-state index contributed by atoms with van der Waals surface area (Å²) in [6.45, 7) is 7.58. The van der Waals surface area contributed by atoms with Crippen molar-refractivity contribution in [3.8, 4) is 0 Å². The Morgan fingerprint density at radius 3 is 2.25 bits per heavy atom. The molecular weight excluding hydrogens is 200 g/mol. The highest BCUT2D eigenvalue weighted by molar-refractivity contribution is 6.36. The van der Waals surface area contributed by atoms with Crippen molar-refractivity contribution in [3.05, 3.63) is 28.8 Å². The maximum atomic E-state index is 11.0. The monoisotopic (exact) mass is 220 g/mol. The Morgan fingerprint density at radius 1 is 1.19 bits per heavy atom. The highest BCUT2D eigenvalue weighted by atomic mass is 16.1. The zero-order chi connectivity index (χ0) is 12.6. The maximum Gasteiger partial charge on any atom is 0.337 e. The SMILES string of the molecule is CC(=O)C(CC=C(C)CCC=C(C)C)=[N+]=[N-]. The molecule has 0 spiro atoms. The van der Waals surface area contributed by atoms with E-state index >= 15 is 0 Å². The average molecular weight is 220 g/mol. The number of Topliss-reactive ketones (excluding diaryl/α,β-unsaturated/α-hetero) is 1. The fraction of sp³-hybridized carbons (Fsp3) is 0.538. The summed E-state index contributed by atoms with van der Waals surface area (Å²) in [5.74, 6) is -0.184. The molecule has 0 saturated carbocycles. The lowest BCUT2D eigenvalue weighted by molar-refractivity contribution is -0.115. The van der Waals surface area contributed by atoms with Gasteiger partial charge in [-0.2, -0.15) is 4.79 Å². The molecule has 0 radical (unpaired) electrons. The Kier molecular flexibility index (Phi) is 7.06. The summed E-state index contributed by atoms with van der Waals surface area (Å²) >= 11 is 0. The second-order valence-corrected chi connectivity index (χ2v) is 4.18. The van der Waals surface area contributed by atoms with Gasteiger partial charge < -0.3 is 5.53 Å². The number of hydrogen-bond acceptors (Lipinski definition) is 1. The minimum Gasteiger partial charge on any atom is -0.361 e. The van der Waals surface area contributed by atoms with Crippen LogP contribution in [0.4, 0.5) is 0 Å². The quantitative estimate of drug-likeness (QED) is 0.293. The molecule has 0 aromatic rings. The van der Waals surface area contributed by atoms with Crippen LogP contribution in [0.15, 0.2) is 23.3 Å². The number of rotatable bonds is 6. The lowest BCUT2D eigenvalue weighted by Crippen LogP contribution is -2.09.